The molecule has 0 amide bonds. The van der Waals surface area contributed by atoms with Crippen molar-refractivity contribution in [3.05, 3.63) is 27.2 Å². The molecule has 0 aliphatic heterocycles. The van der Waals surface area contributed by atoms with Gasteiger partial charge in [-0.05, 0) is 18.6 Å². The van der Waals surface area contributed by atoms with Gasteiger partial charge < -0.3 is 9.84 Å². The molecular formula is C11H12BrClO3. The first-order valence-corrected chi connectivity index (χ1v) is 6.08. The molecule has 1 aromatic carbocycles. The molecule has 0 heterocycles. The van der Waals surface area contributed by atoms with Gasteiger partial charge in [0.25, 0.3) is 0 Å². The predicted octanol–water partition coefficient (Wildman–Crippen LogP) is 3.98. The van der Waals surface area contributed by atoms with E-state index in [0.29, 0.717) is 16.8 Å². The maximum atomic E-state index is 11.0. The van der Waals surface area contributed by atoms with Crippen LogP contribution >= 0.6 is 27.5 Å². The van der Waals surface area contributed by atoms with Gasteiger partial charge in [-0.3, -0.25) is 0 Å². The SMILES string of the molecule is CCCCOc1cc(Br)cc(Cl)c1C(=O)O. The third-order valence-corrected chi connectivity index (χ3v) is 2.74. The highest BCUT2D eigenvalue weighted by atomic mass is 79.9. The minimum Gasteiger partial charge on any atom is -0.493 e. The Morgan fingerprint density at radius 1 is 1.56 bits per heavy atom. The van der Waals surface area contributed by atoms with Crippen molar-refractivity contribution in [2.24, 2.45) is 0 Å². The van der Waals surface area contributed by atoms with Crippen molar-refractivity contribution in [1.82, 2.24) is 0 Å². The van der Waals surface area contributed by atoms with Gasteiger partial charge in [0, 0.05) is 4.47 Å². The number of unbranched alkanes of at least 4 members (excludes halogenated alkanes) is 1. The fraction of sp³-hybridized carbons (Fsp3) is 0.364. The van der Waals surface area contributed by atoms with Crippen molar-refractivity contribution in [2.45, 2.75) is 19.8 Å². The van der Waals surface area contributed by atoms with Crippen molar-refractivity contribution >= 4 is 33.5 Å². The lowest BCUT2D eigenvalue weighted by Crippen LogP contribution is -2.05. The monoisotopic (exact) mass is 306 g/mol. The number of halogens is 2. The van der Waals surface area contributed by atoms with Crippen LogP contribution in [0.15, 0.2) is 16.6 Å². The molecule has 1 aromatic rings. The molecule has 5 heteroatoms. The average molecular weight is 308 g/mol. The van der Waals surface area contributed by atoms with Crippen LogP contribution in [0.5, 0.6) is 5.75 Å². The Bertz CT molecular complexity index is 393. The van der Waals surface area contributed by atoms with Crippen LogP contribution < -0.4 is 4.74 Å². The number of rotatable bonds is 5. The van der Waals surface area contributed by atoms with E-state index in [2.05, 4.69) is 15.9 Å². The summed E-state index contributed by atoms with van der Waals surface area (Å²) >= 11 is 9.10. The zero-order valence-corrected chi connectivity index (χ0v) is 11.1. The van der Waals surface area contributed by atoms with E-state index < -0.39 is 5.97 Å². The number of benzene rings is 1. The van der Waals surface area contributed by atoms with Crippen molar-refractivity contribution in [1.29, 1.82) is 0 Å². The molecular weight excluding hydrogens is 295 g/mol. The number of hydrogen-bond acceptors (Lipinski definition) is 2. The molecule has 1 N–H and O–H groups in total. The maximum Gasteiger partial charge on any atom is 0.341 e. The summed E-state index contributed by atoms with van der Waals surface area (Å²) < 4.78 is 6.11. The Hall–Kier alpha value is -0.740. The zero-order chi connectivity index (χ0) is 12.1. The number of carboxylic acid groups (broad SMARTS) is 1. The molecule has 0 fully saturated rings. The summed E-state index contributed by atoms with van der Waals surface area (Å²) in [6.45, 7) is 2.53. The maximum absolute atomic E-state index is 11.0. The molecule has 0 unspecified atom stereocenters. The largest absolute Gasteiger partial charge is 0.493 e. The first-order chi connectivity index (χ1) is 7.56. The van der Waals surface area contributed by atoms with Gasteiger partial charge >= 0.3 is 5.97 Å². The van der Waals surface area contributed by atoms with E-state index in [4.69, 9.17) is 21.4 Å². The van der Waals surface area contributed by atoms with E-state index >= 15 is 0 Å². The third-order valence-electron chi connectivity index (χ3n) is 1.99. The molecule has 1 rings (SSSR count). The van der Waals surface area contributed by atoms with Crippen LogP contribution in [0.4, 0.5) is 0 Å². The average Bonchev–Trinajstić information content (AvgIpc) is 2.16. The number of ether oxygens (including phenoxy) is 1. The highest BCUT2D eigenvalue weighted by Crippen LogP contribution is 2.31. The van der Waals surface area contributed by atoms with Crippen LogP contribution in [-0.4, -0.2) is 17.7 Å². The van der Waals surface area contributed by atoms with E-state index in [-0.39, 0.29) is 10.6 Å². The Balaban J connectivity index is 2.99. The van der Waals surface area contributed by atoms with Gasteiger partial charge in [-0.25, -0.2) is 4.79 Å². The zero-order valence-electron chi connectivity index (χ0n) is 8.80. The molecule has 0 aliphatic carbocycles. The minimum atomic E-state index is -1.08. The van der Waals surface area contributed by atoms with Gasteiger partial charge in [0.1, 0.15) is 11.3 Å². The van der Waals surface area contributed by atoms with Gasteiger partial charge in [0.05, 0.1) is 11.6 Å². The van der Waals surface area contributed by atoms with E-state index in [0.717, 1.165) is 12.8 Å². The second kappa shape index (κ2) is 6.11. The van der Waals surface area contributed by atoms with Crippen molar-refractivity contribution < 1.29 is 14.6 Å². The first-order valence-electron chi connectivity index (χ1n) is 4.91. The summed E-state index contributed by atoms with van der Waals surface area (Å²) in [4.78, 5) is 11.0. The van der Waals surface area contributed by atoms with Gasteiger partial charge in [-0.1, -0.05) is 40.9 Å². The van der Waals surface area contributed by atoms with Crippen LogP contribution in [0.25, 0.3) is 0 Å². The second-order valence-corrected chi connectivity index (χ2v) is 4.59. The molecule has 0 atom stereocenters. The van der Waals surface area contributed by atoms with Crippen LogP contribution in [0.2, 0.25) is 5.02 Å². The molecule has 3 nitrogen and oxygen atoms in total. The smallest absolute Gasteiger partial charge is 0.341 e. The number of carbonyl (C=O) groups is 1. The topological polar surface area (TPSA) is 46.5 Å². The van der Waals surface area contributed by atoms with Gasteiger partial charge in [-0.15, -0.1) is 0 Å². The van der Waals surface area contributed by atoms with E-state index in [1.165, 1.54) is 6.07 Å². The fourth-order valence-corrected chi connectivity index (χ4v) is 2.06. The number of hydrogen-bond donors (Lipinski definition) is 1. The summed E-state index contributed by atoms with van der Waals surface area (Å²) in [6.07, 6.45) is 1.87. The van der Waals surface area contributed by atoms with E-state index in [9.17, 15) is 4.79 Å². The van der Waals surface area contributed by atoms with Crippen molar-refractivity contribution in [2.75, 3.05) is 6.61 Å². The molecule has 0 spiro atoms. The molecule has 0 saturated carbocycles. The molecule has 0 aliphatic rings. The fourth-order valence-electron chi connectivity index (χ4n) is 1.20. The summed E-state index contributed by atoms with van der Waals surface area (Å²) in [6, 6.07) is 3.16. The number of carboxylic acids is 1. The Kier molecular flexibility index (Phi) is 5.09. The number of aromatic carboxylic acids is 1. The first kappa shape index (κ1) is 13.3. The molecule has 16 heavy (non-hydrogen) atoms. The lowest BCUT2D eigenvalue weighted by atomic mass is 10.2. The van der Waals surface area contributed by atoms with E-state index in [1.54, 1.807) is 6.07 Å². The van der Waals surface area contributed by atoms with Gasteiger partial charge in [-0.2, -0.15) is 0 Å². The minimum absolute atomic E-state index is 0.0148. The predicted molar refractivity (Wildman–Crippen MR) is 66.5 cm³/mol. The summed E-state index contributed by atoms with van der Waals surface area (Å²) in [5.41, 5.74) is 0.0148. The van der Waals surface area contributed by atoms with E-state index in [1.807, 2.05) is 6.92 Å². The lowest BCUT2D eigenvalue weighted by molar-refractivity contribution is 0.0692. The van der Waals surface area contributed by atoms with Gasteiger partial charge in [0.2, 0.25) is 0 Å². The highest BCUT2D eigenvalue weighted by molar-refractivity contribution is 9.10. The molecule has 0 radical (unpaired) electrons. The molecule has 0 saturated heterocycles. The Morgan fingerprint density at radius 2 is 2.25 bits per heavy atom. The molecule has 88 valence electrons. The van der Waals surface area contributed by atoms with Crippen LogP contribution in [0.1, 0.15) is 30.1 Å². The Morgan fingerprint density at radius 3 is 2.81 bits per heavy atom. The summed E-state index contributed by atoms with van der Waals surface area (Å²) in [7, 11) is 0. The highest BCUT2D eigenvalue weighted by Gasteiger charge is 2.16. The second-order valence-electron chi connectivity index (χ2n) is 3.27. The molecule has 0 aromatic heterocycles. The molecule has 0 bridgehead atoms. The van der Waals surface area contributed by atoms with Crippen LogP contribution in [-0.2, 0) is 0 Å². The standard InChI is InChI=1S/C11H12BrClO3/c1-2-3-4-16-9-6-7(12)5-8(13)10(9)11(14)15/h5-6H,2-4H2,1H3,(H,14,15). The van der Waals surface area contributed by atoms with Crippen LogP contribution in [0, 0.1) is 0 Å². The Labute approximate surface area is 107 Å². The normalized spacial score (nSPS) is 10.2. The third kappa shape index (κ3) is 3.39. The van der Waals surface area contributed by atoms with Crippen molar-refractivity contribution in [3.63, 3.8) is 0 Å². The van der Waals surface area contributed by atoms with Crippen LogP contribution in [0.3, 0.4) is 0 Å². The quantitative estimate of drug-likeness (QED) is 0.837. The summed E-state index contributed by atoms with van der Waals surface area (Å²) in [5, 5.41) is 9.19. The lowest BCUT2D eigenvalue weighted by Gasteiger charge is -2.10. The summed E-state index contributed by atoms with van der Waals surface area (Å²) in [5.74, 6) is -0.774. The van der Waals surface area contributed by atoms with Crippen molar-refractivity contribution in [3.8, 4) is 5.75 Å². The van der Waals surface area contributed by atoms with Gasteiger partial charge in [0.15, 0.2) is 0 Å².